The third kappa shape index (κ3) is 4.17. The molecule has 0 aliphatic carbocycles. The van der Waals surface area contributed by atoms with Gasteiger partial charge in [-0.25, -0.2) is 0 Å². The van der Waals surface area contributed by atoms with Crippen LogP contribution in [-0.2, 0) is 27.4 Å². The molecule has 2 aromatic rings. The number of hydrogen-bond donors (Lipinski definition) is 2. The molecule has 0 bridgehead atoms. The van der Waals surface area contributed by atoms with E-state index < -0.39 is 11.5 Å². The minimum absolute atomic E-state index is 0.176. The van der Waals surface area contributed by atoms with E-state index in [0.29, 0.717) is 39.3 Å². The molecule has 2 amide bonds. The molecule has 2 fully saturated rings. The number of hydrogen-bond acceptors (Lipinski definition) is 5. The first-order valence-electron chi connectivity index (χ1n) is 10.2. The fraction of sp³-hybridized carbons (Fsp3) is 0.391. The number of methoxy groups -OCH3 is 1. The largest absolute Gasteiger partial charge is 0.497 e. The molecule has 7 heteroatoms. The van der Waals surface area contributed by atoms with E-state index in [4.69, 9.17) is 9.47 Å². The highest BCUT2D eigenvalue weighted by molar-refractivity contribution is 5.94. The quantitative estimate of drug-likeness (QED) is 0.753. The number of carbonyl (C=O) groups is 2. The van der Waals surface area contributed by atoms with Crippen LogP contribution in [-0.4, -0.2) is 55.7 Å². The van der Waals surface area contributed by atoms with E-state index in [2.05, 4.69) is 15.5 Å². The van der Waals surface area contributed by atoms with Crippen LogP contribution in [0, 0.1) is 5.92 Å². The van der Waals surface area contributed by atoms with E-state index in [-0.39, 0.29) is 11.8 Å². The number of benzene rings is 2. The van der Waals surface area contributed by atoms with Crippen molar-refractivity contribution in [3.63, 3.8) is 0 Å². The van der Waals surface area contributed by atoms with Gasteiger partial charge in [0.05, 0.1) is 19.6 Å². The van der Waals surface area contributed by atoms with Crippen LogP contribution in [0.15, 0.2) is 54.6 Å². The fourth-order valence-electron chi connectivity index (χ4n) is 4.25. The summed E-state index contributed by atoms with van der Waals surface area (Å²) in [4.78, 5) is 28.1. The number of nitrogens with one attached hydrogen (secondary N) is 2. The van der Waals surface area contributed by atoms with E-state index in [1.165, 1.54) is 0 Å². The fourth-order valence-corrected chi connectivity index (χ4v) is 4.25. The molecule has 2 saturated heterocycles. The molecule has 0 radical (unpaired) electrons. The van der Waals surface area contributed by atoms with Crippen molar-refractivity contribution in [1.29, 1.82) is 0 Å². The Morgan fingerprint density at radius 2 is 2.03 bits per heavy atom. The highest BCUT2D eigenvalue weighted by Crippen LogP contribution is 2.34. The zero-order chi connectivity index (χ0) is 21.0. The Balaban J connectivity index is 1.49. The summed E-state index contributed by atoms with van der Waals surface area (Å²) >= 11 is 0. The molecule has 158 valence electrons. The number of amides is 2. The molecule has 2 aromatic carbocycles. The lowest BCUT2D eigenvalue weighted by molar-refractivity contribution is -0.163. The van der Waals surface area contributed by atoms with Crippen LogP contribution in [0.3, 0.4) is 0 Å². The molecule has 4 rings (SSSR count). The van der Waals surface area contributed by atoms with Gasteiger partial charge in [0.15, 0.2) is 5.60 Å². The van der Waals surface area contributed by atoms with Crippen LogP contribution in [0.4, 0.5) is 0 Å². The number of rotatable bonds is 6. The second-order valence-electron chi connectivity index (χ2n) is 7.77. The van der Waals surface area contributed by atoms with Gasteiger partial charge in [0.25, 0.3) is 5.91 Å². The first-order valence-corrected chi connectivity index (χ1v) is 10.2. The summed E-state index contributed by atoms with van der Waals surface area (Å²) in [6.07, 6.45) is 0. The standard InChI is InChI=1S/C23H27N3O4/c1-29-19-9-5-8-18(12-19)13-25-21(27)20-15-26(14-17-6-3-2-4-7-17)16-23(20)22(28)24-10-11-30-23/h2-9,12,20H,10-11,13-16H2,1H3,(H,24,28)(H,25,27)/t20-,23-/m1/s1. The maximum atomic E-state index is 13.2. The highest BCUT2D eigenvalue weighted by Gasteiger charge is 2.57. The van der Waals surface area contributed by atoms with Gasteiger partial charge in [-0.15, -0.1) is 0 Å². The lowest BCUT2D eigenvalue weighted by atomic mass is 9.87. The number of likely N-dealkylation sites (tertiary alicyclic amines) is 1. The first-order chi connectivity index (χ1) is 14.6. The van der Waals surface area contributed by atoms with Crippen LogP contribution < -0.4 is 15.4 Å². The van der Waals surface area contributed by atoms with E-state index >= 15 is 0 Å². The number of morpholine rings is 1. The normalized spacial score (nSPS) is 23.9. The van der Waals surface area contributed by atoms with Gasteiger partial charge in [-0.05, 0) is 23.3 Å². The summed E-state index contributed by atoms with van der Waals surface area (Å²) in [5.41, 5.74) is 0.928. The lowest BCUT2D eigenvalue weighted by Gasteiger charge is -2.36. The Bertz CT molecular complexity index is 904. The maximum absolute atomic E-state index is 13.2. The lowest BCUT2D eigenvalue weighted by Crippen LogP contribution is -2.61. The molecular formula is C23H27N3O4. The van der Waals surface area contributed by atoms with Crippen molar-refractivity contribution in [3.8, 4) is 5.75 Å². The summed E-state index contributed by atoms with van der Waals surface area (Å²) in [5.74, 6) is -0.216. The minimum atomic E-state index is -1.15. The molecule has 2 aliphatic rings. The Labute approximate surface area is 176 Å². The van der Waals surface area contributed by atoms with Crippen molar-refractivity contribution in [2.24, 2.45) is 5.92 Å². The van der Waals surface area contributed by atoms with Gasteiger partial charge in [0, 0.05) is 32.7 Å². The van der Waals surface area contributed by atoms with Crippen molar-refractivity contribution < 1.29 is 19.1 Å². The number of ether oxygens (including phenoxy) is 2. The smallest absolute Gasteiger partial charge is 0.254 e. The Morgan fingerprint density at radius 1 is 1.23 bits per heavy atom. The van der Waals surface area contributed by atoms with Crippen LogP contribution in [0.5, 0.6) is 5.75 Å². The summed E-state index contributed by atoms with van der Waals surface area (Å²) in [6, 6.07) is 17.6. The summed E-state index contributed by atoms with van der Waals surface area (Å²) in [7, 11) is 1.61. The predicted molar refractivity (Wildman–Crippen MR) is 112 cm³/mol. The van der Waals surface area contributed by atoms with Gasteiger partial charge in [-0.1, -0.05) is 42.5 Å². The number of carbonyl (C=O) groups excluding carboxylic acids is 2. The second kappa shape index (κ2) is 8.85. The Morgan fingerprint density at radius 3 is 2.80 bits per heavy atom. The summed E-state index contributed by atoms with van der Waals surface area (Å²) in [5, 5.41) is 5.87. The van der Waals surface area contributed by atoms with Crippen molar-refractivity contribution in [2.75, 3.05) is 33.4 Å². The molecular weight excluding hydrogens is 382 g/mol. The van der Waals surface area contributed by atoms with Gasteiger partial charge in [0.2, 0.25) is 5.91 Å². The van der Waals surface area contributed by atoms with Gasteiger partial charge in [-0.3, -0.25) is 14.5 Å². The van der Waals surface area contributed by atoms with Gasteiger partial charge >= 0.3 is 0 Å². The summed E-state index contributed by atoms with van der Waals surface area (Å²) in [6.45, 7) is 2.76. The third-order valence-corrected chi connectivity index (χ3v) is 5.76. The zero-order valence-corrected chi connectivity index (χ0v) is 17.1. The van der Waals surface area contributed by atoms with E-state index in [1.54, 1.807) is 7.11 Å². The molecule has 2 N–H and O–H groups in total. The van der Waals surface area contributed by atoms with Gasteiger partial charge < -0.3 is 20.1 Å². The topological polar surface area (TPSA) is 79.9 Å². The van der Waals surface area contributed by atoms with E-state index in [0.717, 1.165) is 16.9 Å². The zero-order valence-electron chi connectivity index (χ0n) is 17.1. The Kier molecular flexibility index (Phi) is 6.01. The van der Waals surface area contributed by atoms with Crippen molar-refractivity contribution in [3.05, 3.63) is 65.7 Å². The minimum Gasteiger partial charge on any atom is -0.497 e. The van der Waals surface area contributed by atoms with Crippen molar-refractivity contribution >= 4 is 11.8 Å². The molecule has 7 nitrogen and oxygen atoms in total. The van der Waals surface area contributed by atoms with E-state index in [1.807, 2.05) is 54.6 Å². The first kappa shape index (κ1) is 20.4. The Hall–Kier alpha value is -2.90. The molecule has 2 atom stereocenters. The molecule has 1 spiro atoms. The van der Waals surface area contributed by atoms with Crippen LogP contribution in [0.2, 0.25) is 0 Å². The highest BCUT2D eigenvalue weighted by atomic mass is 16.5. The molecule has 0 unspecified atom stereocenters. The molecule has 0 aromatic heterocycles. The van der Waals surface area contributed by atoms with Crippen LogP contribution in [0.25, 0.3) is 0 Å². The maximum Gasteiger partial charge on any atom is 0.254 e. The van der Waals surface area contributed by atoms with E-state index in [9.17, 15) is 9.59 Å². The third-order valence-electron chi connectivity index (χ3n) is 5.76. The van der Waals surface area contributed by atoms with Crippen molar-refractivity contribution in [2.45, 2.75) is 18.7 Å². The second-order valence-corrected chi connectivity index (χ2v) is 7.77. The predicted octanol–water partition coefficient (Wildman–Crippen LogP) is 1.33. The average Bonchev–Trinajstić information content (AvgIpc) is 3.13. The number of nitrogens with zero attached hydrogens (tertiary/aromatic N) is 1. The molecule has 30 heavy (non-hydrogen) atoms. The van der Waals surface area contributed by atoms with Gasteiger partial charge in [0.1, 0.15) is 5.75 Å². The average molecular weight is 409 g/mol. The van der Waals surface area contributed by atoms with Crippen LogP contribution >= 0.6 is 0 Å². The monoisotopic (exact) mass is 409 g/mol. The molecule has 2 aliphatic heterocycles. The van der Waals surface area contributed by atoms with Crippen molar-refractivity contribution in [1.82, 2.24) is 15.5 Å². The van der Waals surface area contributed by atoms with Gasteiger partial charge in [-0.2, -0.15) is 0 Å². The molecule has 2 heterocycles. The SMILES string of the molecule is COc1cccc(CNC(=O)[C@H]2CN(Cc3ccccc3)C[C@@]23OCCNC3=O)c1. The summed E-state index contributed by atoms with van der Waals surface area (Å²) < 4.78 is 11.2. The molecule has 0 saturated carbocycles. The van der Waals surface area contributed by atoms with Crippen LogP contribution in [0.1, 0.15) is 11.1 Å².